The first-order valence-electron chi connectivity index (χ1n) is 7.66. The molecular formula is C18H24BrNO. The second-order valence-electron chi connectivity index (χ2n) is 5.39. The molecule has 0 heterocycles. The molecule has 0 amide bonds. The molecule has 2 aromatic rings. The molecule has 0 spiro atoms. The van der Waals surface area contributed by atoms with Crippen molar-refractivity contribution in [2.45, 2.75) is 32.2 Å². The second kappa shape index (κ2) is 8.52. The molecule has 2 rings (SSSR count). The third-order valence-electron chi connectivity index (χ3n) is 3.71. The highest BCUT2D eigenvalue weighted by Crippen LogP contribution is 2.25. The maximum atomic E-state index is 5.18. The third kappa shape index (κ3) is 4.80. The molecule has 114 valence electrons. The molecule has 21 heavy (non-hydrogen) atoms. The van der Waals surface area contributed by atoms with Gasteiger partial charge < -0.3 is 10.1 Å². The van der Waals surface area contributed by atoms with Crippen LogP contribution in [0.15, 0.2) is 40.9 Å². The first-order chi connectivity index (χ1) is 10.2. The Labute approximate surface area is 136 Å². The van der Waals surface area contributed by atoms with Gasteiger partial charge in [-0.2, -0.15) is 0 Å². The van der Waals surface area contributed by atoms with E-state index in [0.29, 0.717) is 6.04 Å². The number of hydrogen-bond acceptors (Lipinski definition) is 2. The van der Waals surface area contributed by atoms with Gasteiger partial charge in [-0.1, -0.05) is 41.1 Å². The van der Waals surface area contributed by atoms with Gasteiger partial charge in [0.15, 0.2) is 0 Å². The average Bonchev–Trinajstić information content (AvgIpc) is 2.50. The first-order valence-corrected chi connectivity index (χ1v) is 8.45. The second-order valence-corrected chi connectivity index (χ2v) is 6.31. The van der Waals surface area contributed by atoms with E-state index in [1.807, 2.05) is 0 Å². The van der Waals surface area contributed by atoms with Crippen LogP contribution in [0.4, 0.5) is 0 Å². The molecule has 1 unspecified atom stereocenters. The number of rotatable bonds is 8. The molecule has 2 aromatic carbocycles. The minimum atomic E-state index is 0.410. The van der Waals surface area contributed by atoms with Crippen LogP contribution in [0.3, 0.4) is 0 Å². The molecule has 0 saturated carbocycles. The number of fused-ring (bicyclic) bond motifs is 1. The number of nitrogens with one attached hydrogen (secondary N) is 1. The predicted molar refractivity (Wildman–Crippen MR) is 93.8 cm³/mol. The Morgan fingerprint density at radius 1 is 1.14 bits per heavy atom. The van der Waals surface area contributed by atoms with E-state index in [1.165, 1.54) is 16.3 Å². The van der Waals surface area contributed by atoms with Crippen molar-refractivity contribution in [2.75, 3.05) is 20.3 Å². The summed E-state index contributed by atoms with van der Waals surface area (Å²) in [6, 6.07) is 13.6. The molecule has 1 N–H and O–H groups in total. The molecule has 0 aliphatic carbocycles. The van der Waals surface area contributed by atoms with Crippen molar-refractivity contribution in [3.05, 3.63) is 46.4 Å². The maximum absolute atomic E-state index is 5.18. The quantitative estimate of drug-likeness (QED) is 0.671. The Hall–Kier alpha value is -0.900. The minimum absolute atomic E-state index is 0.410. The smallest absolute Gasteiger partial charge is 0.0462 e. The Morgan fingerprint density at radius 3 is 2.67 bits per heavy atom. The number of halogens is 1. The molecule has 0 aliphatic heterocycles. The van der Waals surface area contributed by atoms with Gasteiger partial charge in [-0.25, -0.2) is 0 Å². The van der Waals surface area contributed by atoms with Gasteiger partial charge in [0.1, 0.15) is 0 Å². The summed E-state index contributed by atoms with van der Waals surface area (Å²) in [6.45, 7) is 4.08. The zero-order valence-electron chi connectivity index (χ0n) is 12.9. The summed E-state index contributed by atoms with van der Waals surface area (Å²) in [4.78, 5) is 0. The van der Waals surface area contributed by atoms with Crippen LogP contribution in [0, 0.1) is 0 Å². The first kappa shape index (κ1) is 16.5. The van der Waals surface area contributed by atoms with Crippen molar-refractivity contribution in [1.29, 1.82) is 0 Å². The molecule has 2 nitrogen and oxygen atoms in total. The predicted octanol–water partition coefficient (Wildman–Crippen LogP) is 5.07. The molecule has 0 fully saturated rings. The van der Waals surface area contributed by atoms with Gasteiger partial charge in [0.2, 0.25) is 0 Å². The molecule has 0 aliphatic rings. The lowest BCUT2D eigenvalue weighted by Gasteiger charge is -2.19. The monoisotopic (exact) mass is 349 g/mol. The lowest BCUT2D eigenvalue weighted by molar-refractivity contribution is 0.188. The number of ether oxygens (including phenoxy) is 1. The fraction of sp³-hybridized carbons (Fsp3) is 0.444. The van der Waals surface area contributed by atoms with Crippen LogP contribution in [0.25, 0.3) is 10.8 Å². The van der Waals surface area contributed by atoms with Gasteiger partial charge in [-0.3, -0.25) is 0 Å². The van der Waals surface area contributed by atoms with Gasteiger partial charge in [-0.15, -0.1) is 0 Å². The van der Waals surface area contributed by atoms with E-state index in [9.17, 15) is 0 Å². The van der Waals surface area contributed by atoms with E-state index in [-0.39, 0.29) is 0 Å². The summed E-state index contributed by atoms with van der Waals surface area (Å²) in [6.07, 6.45) is 3.34. The van der Waals surface area contributed by atoms with Crippen LogP contribution in [-0.2, 0) is 4.74 Å². The largest absolute Gasteiger partial charge is 0.385 e. The van der Waals surface area contributed by atoms with Crippen LogP contribution < -0.4 is 5.32 Å². The van der Waals surface area contributed by atoms with Crippen molar-refractivity contribution >= 4 is 26.7 Å². The Kier molecular flexibility index (Phi) is 6.68. The molecule has 0 aromatic heterocycles. The Bertz CT molecular complexity index is 570. The highest BCUT2D eigenvalue weighted by Gasteiger charge is 2.11. The maximum Gasteiger partial charge on any atom is 0.0462 e. The standard InChI is InChI=1S/C18H24BrNO/c1-3-10-20-18(5-4-11-21-2)16-7-6-15-13-17(19)9-8-14(15)12-16/h6-9,12-13,18,20H,3-5,10-11H2,1-2H3. The topological polar surface area (TPSA) is 21.3 Å². The molecule has 1 atom stereocenters. The summed E-state index contributed by atoms with van der Waals surface area (Å²) in [5, 5.41) is 6.23. The molecular weight excluding hydrogens is 326 g/mol. The zero-order chi connectivity index (χ0) is 15.1. The van der Waals surface area contributed by atoms with Crippen molar-refractivity contribution < 1.29 is 4.74 Å². The summed E-state index contributed by atoms with van der Waals surface area (Å²) >= 11 is 3.53. The van der Waals surface area contributed by atoms with E-state index in [4.69, 9.17) is 4.74 Å². The fourth-order valence-corrected chi connectivity index (χ4v) is 2.97. The van der Waals surface area contributed by atoms with Crippen LogP contribution in [0.2, 0.25) is 0 Å². The average molecular weight is 350 g/mol. The highest BCUT2D eigenvalue weighted by atomic mass is 79.9. The minimum Gasteiger partial charge on any atom is -0.385 e. The molecule has 0 radical (unpaired) electrons. The highest BCUT2D eigenvalue weighted by molar-refractivity contribution is 9.10. The van der Waals surface area contributed by atoms with Crippen molar-refractivity contribution in [3.8, 4) is 0 Å². The summed E-state index contributed by atoms with van der Waals surface area (Å²) < 4.78 is 6.31. The lowest BCUT2D eigenvalue weighted by Crippen LogP contribution is -2.22. The summed E-state index contributed by atoms with van der Waals surface area (Å²) in [5.74, 6) is 0. The zero-order valence-corrected chi connectivity index (χ0v) is 14.4. The lowest BCUT2D eigenvalue weighted by atomic mass is 9.98. The van der Waals surface area contributed by atoms with E-state index in [1.54, 1.807) is 7.11 Å². The third-order valence-corrected chi connectivity index (χ3v) is 4.20. The van der Waals surface area contributed by atoms with Crippen LogP contribution in [0.5, 0.6) is 0 Å². The van der Waals surface area contributed by atoms with Crippen LogP contribution >= 0.6 is 15.9 Å². The SMILES string of the molecule is CCCNC(CCCOC)c1ccc2cc(Br)ccc2c1. The number of benzene rings is 2. The van der Waals surface area contributed by atoms with Gasteiger partial charge in [-0.05, 0) is 60.3 Å². The number of hydrogen-bond donors (Lipinski definition) is 1. The van der Waals surface area contributed by atoms with Gasteiger partial charge in [0, 0.05) is 24.2 Å². The van der Waals surface area contributed by atoms with E-state index < -0.39 is 0 Å². The van der Waals surface area contributed by atoms with E-state index >= 15 is 0 Å². The Balaban J connectivity index is 2.19. The Morgan fingerprint density at radius 2 is 1.90 bits per heavy atom. The molecule has 3 heteroatoms. The number of methoxy groups -OCH3 is 1. The normalized spacial score (nSPS) is 12.7. The van der Waals surface area contributed by atoms with Crippen molar-refractivity contribution in [3.63, 3.8) is 0 Å². The summed E-state index contributed by atoms with van der Waals surface area (Å²) in [7, 11) is 1.77. The molecule has 0 bridgehead atoms. The molecule has 0 saturated heterocycles. The fourth-order valence-electron chi connectivity index (χ4n) is 2.59. The van der Waals surface area contributed by atoms with Crippen LogP contribution in [0.1, 0.15) is 37.8 Å². The van der Waals surface area contributed by atoms with Gasteiger partial charge in [0.05, 0.1) is 0 Å². The van der Waals surface area contributed by atoms with Crippen LogP contribution in [-0.4, -0.2) is 20.3 Å². The van der Waals surface area contributed by atoms with Gasteiger partial charge >= 0.3 is 0 Å². The van der Waals surface area contributed by atoms with Gasteiger partial charge in [0.25, 0.3) is 0 Å². The van der Waals surface area contributed by atoms with E-state index in [2.05, 4.69) is 64.6 Å². The summed E-state index contributed by atoms with van der Waals surface area (Å²) in [5.41, 5.74) is 1.37. The van der Waals surface area contributed by atoms with E-state index in [0.717, 1.165) is 36.9 Å². The van der Waals surface area contributed by atoms with Crippen molar-refractivity contribution in [2.24, 2.45) is 0 Å². The van der Waals surface area contributed by atoms with Crippen molar-refractivity contribution in [1.82, 2.24) is 5.32 Å².